The molecule has 28 heavy (non-hydrogen) atoms. The van der Waals surface area contributed by atoms with Crippen LogP contribution in [0.25, 0.3) is 0 Å². The highest BCUT2D eigenvalue weighted by atomic mass is 35.5. The van der Waals surface area contributed by atoms with E-state index in [9.17, 15) is 14.4 Å². The minimum atomic E-state index is -0.400. The molecule has 0 heterocycles. The Morgan fingerprint density at radius 3 is 2.43 bits per heavy atom. The average molecular weight is 400 g/mol. The van der Waals surface area contributed by atoms with Gasteiger partial charge >= 0.3 is 0 Å². The van der Waals surface area contributed by atoms with Crippen molar-refractivity contribution in [1.29, 1.82) is 0 Å². The maximum absolute atomic E-state index is 12.7. The van der Waals surface area contributed by atoms with E-state index in [0.29, 0.717) is 27.5 Å². The predicted molar refractivity (Wildman–Crippen MR) is 110 cm³/mol. The van der Waals surface area contributed by atoms with Gasteiger partial charge in [-0.15, -0.1) is 0 Å². The molecule has 1 fully saturated rings. The molecule has 0 aromatic heterocycles. The van der Waals surface area contributed by atoms with E-state index in [2.05, 4.69) is 16.0 Å². The molecular weight excluding hydrogens is 378 g/mol. The van der Waals surface area contributed by atoms with Crippen LogP contribution < -0.4 is 16.0 Å². The van der Waals surface area contributed by atoms with Gasteiger partial charge in [0.05, 0.1) is 11.3 Å². The van der Waals surface area contributed by atoms with Gasteiger partial charge in [0, 0.05) is 28.2 Å². The summed E-state index contributed by atoms with van der Waals surface area (Å²) in [7, 11) is 0. The minimum absolute atomic E-state index is 0.0277. The summed E-state index contributed by atoms with van der Waals surface area (Å²) in [6.45, 7) is 3.71. The Labute approximate surface area is 168 Å². The lowest BCUT2D eigenvalue weighted by Crippen LogP contribution is -2.31. The standard InChI is InChI=1S/C21H22ClN3O3/c1-12(2)23-21(28)17-9-8-15(22)11-18(17)25-20(27)14-4-3-5-16(10-14)24-19(26)13-6-7-13/h3-5,8-13H,6-7H2,1-2H3,(H,23,28)(H,24,26)(H,25,27). The Morgan fingerprint density at radius 1 is 1.00 bits per heavy atom. The fourth-order valence-corrected chi connectivity index (χ4v) is 2.85. The number of nitrogens with one attached hydrogen (secondary N) is 3. The largest absolute Gasteiger partial charge is 0.350 e. The van der Waals surface area contributed by atoms with E-state index in [1.54, 1.807) is 36.4 Å². The average Bonchev–Trinajstić information content (AvgIpc) is 3.46. The van der Waals surface area contributed by atoms with Crippen molar-refractivity contribution < 1.29 is 14.4 Å². The number of carbonyl (C=O) groups excluding carboxylic acids is 3. The molecule has 0 atom stereocenters. The van der Waals surface area contributed by atoms with Crippen LogP contribution >= 0.6 is 11.6 Å². The van der Waals surface area contributed by atoms with Gasteiger partial charge in [0.1, 0.15) is 0 Å². The first kappa shape index (κ1) is 19.9. The van der Waals surface area contributed by atoms with Crippen molar-refractivity contribution in [2.75, 3.05) is 10.6 Å². The third-order valence-electron chi connectivity index (χ3n) is 4.23. The fourth-order valence-electron chi connectivity index (χ4n) is 2.68. The van der Waals surface area contributed by atoms with E-state index in [-0.39, 0.29) is 23.8 Å². The lowest BCUT2D eigenvalue weighted by Gasteiger charge is -2.14. The van der Waals surface area contributed by atoms with Gasteiger partial charge in [-0.25, -0.2) is 0 Å². The quantitative estimate of drug-likeness (QED) is 0.684. The fraction of sp³-hybridized carbons (Fsp3) is 0.286. The van der Waals surface area contributed by atoms with E-state index < -0.39 is 5.91 Å². The predicted octanol–water partition coefficient (Wildman–Crippen LogP) is 4.08. The number of rotatable bonds is 6. The summed E-state index contributed by atoms with van der Waals surface area (Å²) in [6, 6.07) is 11.3. The van der Waals surface area contributed by atoms with Crippen LogP contribution in [0.4, 0.5) is 11.4 Å². The zero-order valence-electron chi connectivity index (χ0n) is 15.7. The van der Waals surface area contributed by atoms with Crippen molar-refractivity contribution in [3.8, 4) is 0 Å². The first-order chi connectivity index (χ1) is 13.3. The highest BCUT2D eigenvalue weighted by Gasteiger charge is 2.29. The molecule has 7 heteroatoms. The number of hydrogen-bond donors (Lipinski definition) is 3. The molecule has 0 unspecified atom stereocenters. The minimum Gasteiger partial charge on any atom is -0.350 e. The number of anilines is 2. The summed E-state index contributed by atoms with van der Waals surface area (Å²) < 4.78 is 0. The number of benzene rings is 2. The van der Waals surface area contributed by atoms with Crippen LogP contribution in [0.5, 0.6) is 0 Å². The van der Waals surface area contributed by atoms with Gasteiger partial charge < -0.3 is 16.0 Å². The molecule has 3 N–H and O–H groups in total. The van der Waals surface area contributed by atoms with Crippen LogP contribution in [0.2, 0.25) is 5.02 Å². The Bertz CT molecular complexity index is 923. The zero-order chi connectivity index (χ0) is 20.3. The van der Waals surface area contributed by atoms with Crippen molar-refractivity contribution in [3.63, 3.8) is 0 Å². The molecule has 1 aliphatic rings. The van der Waals surface area contributed by atoms with E-state index in [1.165, 1.54) is 6.07 Å². The number of carbonyl (C=O) groups is 3. The molecule has 0 spiro atoms. The normalized spacial score (nSPS) is 13.1. The smallest absolute Gasteiger partial charge is 0.255 e. The van der Waals surface area contributed by atoms with Crippen LogP contribution in [0.3, 0.4) is 0 Å². The second-order valence-corrected chi connectivity index (χ2v) is 7.55. The van der Waals surface area contributed by atoms with Gasteiger partial charge in [0.2, 0.25) is 5.91 Å². The summed E-state index contributed by atoms with van der Waals surface area (Å²) in [5, 5.41) is 8.76. The van der Waals surface area contributed by atoms with Crippen LogP contribution in [-0.2, 0) is 4.79 Å². The van der Waals surface area contributed by atoms with E-state index in [1.807, 2.05) is 13.8 Å². The highest BCUT2D eigenvalue weighted by molar-refractivity contribution is 6.31. The Morgan fingerprint density at radius 2 is 1.75 bits per heavy atom. The Hall–Kier alpha value is -2.86. The van der Waals surface area contributed by atoms with Crippen LogP contribution in [0.15, 0.2) is 42.5 Å². The third kappa shape index (κ3) is 5.10. The Kier molecular flexibility index (Phi) is 5.99. The van der Waals surface area contributed by atoms with Gasteiger partial charge in [-0.2, -0.15) is 0 Å². The molecule has 1 aliphatic carbocycles. The maximum atomic E-state index is 12.7. The van der Waals surface area contributed by atoms with E-state index >= 15 is 0 Å². The number of hydrogen-bond acceptors (Lipinski definition) is 3. The molecule has 0 aliphatic heterocycles. The van der Waals surface area contributed by atoms with Gasteiger partial charge in [-0.1, -0.05) is 17.7 Å². The van der Waals surface area contributed by atoms with E-state index in [4.69, 9.17) is 11.6 Å². The van der Waals surface area contributed by atoms with Crippen LogP contribution in [0.1, 0.15) is 47.4 Å². The molecule has 146 valence electrons. The maximum Gasteiger partial charge on any atom is 0.255 e. The zero-order valence-corrected chi connectivity index (χ0v) is 16.5. The molecule has 6 nitrogen and oxygen atoms in total. The number of amides is 3. The molecule has 2 aromatic rings. The van der Waals surface area contributed by atoms with Crippen molar-refractivity contribution in [1.82, 2.24) is 5.32 Å². The second kappa shape index (κ2) is 8.44. The second-order valence-electron chi connectivity index (χ2n) is 7.12. The molecule has 3 amide bonds. The molecule has 0 radical (unpaired) electrons. The lowest BCUT2D eigenvalue weighted by molar-refractivity contribution is -0.117. The SMILES string of the molecule is CC(C)NC(=O)c1ccc(Cl)cc1NC(=O)c1cccc(NC(=O)C2CC2)c1. The summed E-state index contributed by atoms with van der Waals surface area (Å²) in [4.78, 5) is 37.0. The summed E-state index contributed by atoms with van der Waals surface area (Å²) >= 11 is 6.04. The molecule has 2 aromatic carbocycles. The summed E-state index contributed by atoms with van der Waals surface area (Å²) in [6.07, 6.45) is 1.81. The van der Waals surface area contributed by atoms with Crippen molar-refractivity contribution in [2.45, 2.75) is 32.7 Å². The summed E-state index contributed by atoms with van der Waals surface area (Å²) in [5.41, 5.74) is 1.57. The van der Waals surface area contributed by atoms with Crippen LogP contribution in [-0.4, -0.2) is 23.8 Å². The molecule has 1 saturated carbocycles. The van der Waals surface area contributed by atoms with Crippen molar-refractivity contribution in [3.05, 3.63) is 58.6 Å². The molecule has 0 bridgehead atoms. The van der Waals surface area contributed by atoms with Gasteiger partial charge in [-0.05, 0) is 63.1 Å². The molecular formula is C21H22ClN3O3. The van der Waals surface area contributed by atoms with Gasteiger partial charge in [-0.3, -0.25) is 14.4 Å². The van der Waals surface area contributed by atoms with Crippen LogP contribution in [0, 0.1) is 5.92 Å². The molecule has 0 saturated heterocycles. The van der Waals surface area contributed by atoms with E-state index in [0.717, 1.165) is 12.8 Å². The number of halogens is 1. The Balaban J connectivity index is 1.78. The first-order valence-electron chi connectivity index (χ1n) is 9.16. The third-order valence-corrected chi connectivity index (χ3v) is 4.47. The monoisotopic (exact) mass is 399 g/mol. The lowest BCUT2D eigenvalue weighted by atomic mass is 10.1. The topological polar surface area (TPSA) is 87.3 Å². The van der Waals surface area contributed by atoms with Gasteiger partial charge in [0.25, 0.3) is 11.8 Å². The molecule has 3 rings (SSSR count). The highest BCUT2D eigenvalue weighted by Crippen LogP contribution is 2.30. The first-order valence-corrected chi connectivity index (χ1v) is 9.54. The van der Waals surface area contributed by atoms with Gasteiger partial charge in [0.15, 0.2) is 0 Å². The van der Waals surface area contributed by atoms with Crippen molar-refractivity contribution in [2.24, 2.45) is 5.92 Å². The summed E-state index contributed by atoms with van der Waals surface area (Å²) in [5.74, 6) is -0.651. The van der Waals surface area contributed by atoms with Crippen molar-refractivity contribution >= 4 is 40.7 Å².